The van der Waals surface area contributed by atoms with Gasteiger partial charge in [-0.05, 0) is 26.0 Å². The zero-order chi connectivity index (χ0) is 16.5. The van der Waals surface area contributed by atoms with Crippen LogP contribution in [-0.2, 0) is 16.4 Å². The van der Waals surface area contributed by atoms with Crippen LogP contribution in [0.5, 0.6) is 0 Å². The summed E-state index contributed by atoms with van der Waals surface area (Å²) in [6, 6.07) is 4.22. The largest absolute Gasteiger partial charge is 0.374 e. The standard InChI is InChI=1S/C13H15N3O4S2/c1-8-11(21-9(2)15-8)7-14-10-5-4-6-12(22(3,19)20)13(10)16(17)18/h4-6,14H,7H2,1-3H3. The molecule has 0 amide bonds. The monoisotopic (exact) mass is 341 g/mol. The number of nitro benzene ring substituents is 1. The summed E-state index contributed by atoms with van der Waals surface area (Å²) in [7, 11) is -3.68. The second kappa shape index (κ2) is 6.01. The van der Waals surface area contributed by atoms with Crippen molar-refractivity contribution >= 4 is 32.5 Å². The lowest BCUT2D eigenvalue weighted by Gasteiger charge is -2.09. The lowest BCUT2D eigenvalue weighted by molar-refractivity contribution is -0.386. The fraction of sp³-hybridized carbons (Fsp3) is 0.308. The lowest BCUT2D eigenvalue weighted by atomic mass is 10.2. The molecule has 0 bridgehead atoms. The summed E-state index contributed by atoms with van der Waals surface area (Å²) in [6.07, 6.45) is 0.954. The van der Waals surface area contributed by atoms with E-state index < -0.39 is 20.4 Å². The van der Waals surface area contributed by atoms with Crippen LogP contribution in [0.4, 0.5) is 11.4 Å². The van der Waals surface area contributed by atoms with E-state index in [2.05, 4.69) is 10.3 Å². The normalized spacial score (nSPS) is 11.4. The average Bonchev–Trinajstić information content (AvgIpc) is 2.73. The van der Waals surface area contributed by atoms with E-state index in [1.807, 2.05) is 13.8 Å². The van der Waals surface area contributed by atoms with E-state index in [1.54, 1.807) is 0 Å². The van der Waals surface area contributed by atoms with Crippen molar-refractivity contribution in [2.75, 3.05) is 11.6 Å². The van der Waals surface area contributed by atoms with Crippen molar-refractivity contribution in [2.24, 2.45) is 0 Å². The van der Waals surface area contributed by atoms with Crippen LogP contribution in [0.2, 0.25) is 0 Å². The molecule has 2 rings (SSSR count). The molecule has 0 radical (unpaired) electrons. The number of nitrogens with zero attached hydrogens (tertiary/aromatic N) is 2. The van der Waals surface area contributed by atoms with Gasteiger partial charge in [0, 0.05) is 11.1 Å². The summed E-state index contributed by atoms with van der Waals surface area (Å²) in [5.74, 6) is 0. The zero-order valence-corrected chi connectivity index (χ0v) is 13.9. The molecule has 9 heteroatoms. The lowest BCUT2D eigenvalue weighted by Crippen LogP contribution is -2.07. The summed E-state index contributed by atoms with van der Waals surface area (Å²) in [6.45, 7) is 4.10. The minimum Gasteiger partial charge on any atom is -0.374 e. The second-order valence-electron chi connectivity index (χ2n) is 4.78. The van der Waals surface area contributed by atoms with Crippen LogP contribution in [-0.4, -0.2) is 24.6 Å². The Morgan fingerprint density at radius 2 is 2.05 bits per heavy atom. The van der Waals surface area contributed by atoms with Crippen molar-refractivity contribution in [1.29, 1.82) is 0 Å². The average molecular weight is 341 g/mol. The van der Waals surface area contributed by atoms with Crippen LogP contribution in [0, 0.1) is 24.0 Å². The second-order valence-corrected chi connectivity index (χ2v) is 8.05. The van der Waals surface area contributed by atoms with E-state index in [0.717, 1.165) is 21.8 Å². The molecule has 0 atom stereocenters. The number of hydrogen-bond acceptors (Lipinski definition) is 7. The zero-order valence-electron chi connectivity index (χ0n) is 12.3. The molecule has 1 aromatic heterocycles. The molecule has 0 unspecified atom stereocenters. The quantitative estimate of drug-likeness (QED) is 0.662. The Hall–Kier alpha value is -2.00. The van der Waals surface area contributed by atoms with E-state index in [4.69, 9.17) is 0 Å². The van der Waals surface area contributed by atoms with Gasteiger partial charge in [-0.25, -0.2) is 13.4 Å². The molecular weight excluding hydrogens is 326 g/mol. The molecule has 1 N–H and O–H groups in total. The van der Waals surface area contributed by atoms with Crippen LogP contribution < -0.4 is 5.32 Å². The molecule has 0 fully saturated rings. The van der Waals surface area contributed by atoms with E-state index in [9.17, 15) is 18.5 Å². The maximum atomic E-state index is 11.7. The Kier molecular flexibility index (Phi) is 4.47. The molecule has 2 aromatic rings. The molecule has 1 aromatic carbocycles. The molecule has 1 heterocycles. The predicted molar refractivity (Wildman–Crippen MR) is 85.1 cm³/mol. The summed E-state index contributed by atoms with van der Waals surface area (Å²) in [4.78, 5) is 15.5. The summed E-state index contributed by atoms with van der Waals surface area (Å²) in [5, 5.41) is 15.1. The minimum atomic E-state index is -3.68. The van der Waals surface area contributed by atoms with Gasteiger partial charge in [0.1, 0.15) is 10.6 Å². The van der Waals surface area contributed by atoms with E-state index >= 15 is 0 Å². The first-order valence-corrected chi connectivity index (χ1v) is 9.05. The van der Waals surface area contributed by atoms with Crippen molar-refractivity contribution < 1.29 is 13.3 Å². The van der Waals surface area contributed by atoms with E-state index in [-0.39, 0.29) is 10.6 Å². The van der Waals surface area contributed by atoms with Crippen LogP contribution in [0.25, 0.3) is 0 Å². The van der Waals surface area contributed by atoms with E-state index in [1.165, 1.54) is 29.5 Å². The number of thiazole rings is 1. The maximum Gasteiger partial charge on any atom is 0.310 e. The first-order valence-electron chi connectivity index (χ1n) is 6.34. The number of nitro groups is 1. The number of hydrogen-bond donors (Lipinski definition) is 1. The van der Waals surface area contributed by atoms with Gasteiger partial charge in [-0.1, -0.05) is 6.07 Å². The Morgan fingerprint density at radius 1 is 1.36 bits per heavy atom. The number of para-hydroxylation sites is 1. The molecule has 0 saturated heterocycles. The van der Waals surface area contributed by atoms with Crippen molar-refractivity contribution in [3.8, 4) is 0 Å². The molecular formula is C13H15N3O4S2. The van der Waals surface area contributed by atoms with Gasteiger partial charge in [0.2, 0.25) is 0 Å². The third kappa shape index (κ3) is 3.42. The number of rotatable bonds is 5. The molecule has 118 valence electrons. The van der Waals surface area contributed by atoms with Gasteiger partial charge in [-0.15, -0.1) is 11.3 Å². The maximum absolute atomic E-state index is 11.7. The molecule has 0 aliphatic carbocycles. The van der Waals surface area contributed by atoms with Gasteiger partial charge in [-0.3, -0.25) is 10.1 Å². The highest BCUT2D eigenvalue weighted by Gasteiger charge is 2.26. The van der Waals surface area contributed by atoms with Crippen molar-refractivity contribution in [2.45, 2.75) is 25.3 Å². The fourth-order valence-electron chi connectivity index (χ4n) is 2.07. The smallest absolute Gasteiger partial charge is 0.310 e. The van der Waals surface area contributed by atoms with Gasteiger partial charge in [0.05, 0.1) is 22.2 Å². The fourth-order valence-corrected chi connectivity index (χ4v) is 3.80. The number of aromatic nitrogens is 1. The first-order chi connectivity index (χ1) is 10.2. The third-order valence-electron chi connectivity index (χ3n) is 3.02. The Morgan fingerprint density at radius 3 is 2.55 bits per heavy atom. The summed E-state index contributed by atoms with van der Waals surface area (Å²) in [5.41, 5.74) is 0.610. The van der Waals surface area contributed by atoms with Gasteiger partial charge in [0.25, 0.3) is 0 Å². The molecule has 0 saturated carbocycles. The highest BCUT2D eigenvalue weighted by atomic mass is 32.2. The minimum absolute atomic E-state index is 0.179. The van der Waals surface area contributed by atoms with Crippen LogP contribution in [0.1, 0.15) is 15.6 Å². The highest BCUT2D eigenvalue weighted by Crippen LogP contribution is 2.32. The van der Waals surface area contributed by atoms with Crippen LogP contribution in [0.3, 0.4) is 0 Å². The van der Waals surface area contributed by atoms with E-state index in [0.29, 0.717) is 6.54 Å². The number of sulfone groups is 1. The van der Waals surface area contributed by atoms with Gasteiger partial charge in [0.15, 0.2) is 9.84 Å². The van der Waals surface area contributed by atoms with Gasteiger partial charge >= 0.3 is 5.69 Å². The SMILES string of the molecule is Cc1nc(C)c(CNc2cccc(S(C)(=O)=O)c2[N+](=O)[O-])s1. The Bertz CT molecular complexity index is 828. The molecule has 7 nitrogen and oxygen atoms in total. The van der Waals surface area contributed by atoms with Gasteiger partial charge in [-0.2, -0.15) is 0 Å². The van der Waals surface area contributed by atoms with Gasteiger partial charge < -0.3 is 5.32 Å². The molecule has 22 heavy (non-hydrogen) atoms. The van der Waals surface area contributed by atoms with Crippen LogP contribution >= 0.6 is 11.3 Å². The van der Waals surface area contributed by atoms with Crippen molar-refractivity contribution in [1.82, 2.24) is 4.98 Å². The topological polar surface area (TPSA) is 102 Å². The first kappa shape index (κ1) is 16.4. The third-order valence-corrected chi connectivity index (χ3v) is 5.22. The summed E-state index contributed by atoms with van der Waals surface area (Å²) < 4.78 is 23.4. The summed E-state index contributed by atoms with van der Waals surface area (Å²) >= 11 is 1.50. The molecule has 0 spiro atoms. The highest BCUT2D eigenvalue weighted by molar-refractivity contribution is 7.90. The predicted octanol–water partition coefficient (Wildman–Crippen LogP) is 2.68. The molecule has 0 aliphatic rings. The Labute approximate surface area is 132 Å². The number of aryl methyl sites for hydroxylation is 2. The number of benzene rings is 1. The number of anilines is 1. The Balaban J connectivity index is 2.39. The van der Waals surface area contributed by atoms with Crippen LogP contribution in [0.15, 0.2) is 23.1 Å². The van der Waals surface area contributed by atoms with Crippen molar-refractivity contribution in [3.63, 3.8) is 0 Å². The van der Waals surface area contributed by atoms with Crippen molar-refractivity contribution in [3.05, 3.63) is 43.9 Å². The molecule has 0 aliphatic heterocycles. The number of nitrogens with one attached hydrogen (secondary N) is 1.